The summed E-state index contributed by atoms with van der Waals surface area (Å²) in [6.07, 6.45) is 0.0404. The minimum absolute atomic E-state index is 0.157. The Morgan fingerprint density at radius 2 is 1.77 bits per heavy atom. The molecule has 1 aromatic heterocycles. The summed E-state index contributed by atoms with van der Waals surface area (Å²) in [5, 5.41) is 14.0. The number of carbonyl (C=O) groups is 3. The maximum absolute atomic E-state index is 12.3. The summed E-state index contributed by atoms with van der Waals surface area (Å²) in [5.41, 5.74) is 2.11. The van der Waals surface area contributed by atoms with E-state index in [1.807, 2.05) is 12.1 Å². The van der Waals surface area contributed by atoms with E-state index in [2.05, 4.69) is 15.6 Å². The quantitative estimate of drug-likeness (QED) is 0.718. The van der Waals surface area contributed by atoms with Gasteiger partial charge < -0.3 is 15.3 Å². The average molecular weight is 376 g/mol. The van der Waals surface area contributed by atoms with E-state index in [1.165, 1.54) is 11.8 Å². The predicted octanol–water partition coefficient (Wildman–Crippen LogP) is 2.68. The molecule has 0 fully saturated rings. The van der Waals surface area contributed by atoms with Crippen molar-refractivity contribution in [1.29, 1.82) is 0 Å². The Balaban J connectivity index is 2.14. The van der Waals surface area contributed by atoms with Gasteiger partial charge in [0.2, 0.25) is 5.91 Å². The minimum atomic E-state index is -1.11. The molecule has 9 heteroatoms. The molecule has 3 amide bonds. The molecule has 138 valence electrons. The zero-order chi connectivity index (χ0) is 19.3. The number of anilines is 2. The van der Waals surface area contributed by atoms with E-state index in [1.54, 1.807) is 26.2 Å². The predicted molar refractivity (Wildman–Crippen MR) is 99.9 cm³/mol. The molecule has 1 aromatic carbocycles. The van der Waals surface area contributed by atoms with E-state index in [-0.39, 0.29) is 11.8 Å². The van der Waals surface area contributed by atoms with Gasteiger partial charge in [0.15, 0.2) is 5.13 Å². The van der Waals surface area contributed by atoms with Gasteiger partial charge in [0.1, 0.15) is 4.88 Å². The first kappa shape index (κ1) is 19.4. The second-order valence-corrected chi connectivity index (χ2v) is 6.80. The van der Waals surface area contributed by atoms with Crippen molar-refractivity contribution in [3.05, 3.63) is 40.4 Å². The van der Waals surface area contributed by atoms with Gasteiger partial charge in [0.25, 0.3) is 5.91 Å². The van der Waals surface area contributed by atoms with Crippen LogP contribution < -0.4 is 10.6 Å². The van der Waals surface area contributed by atoms with Crippen LogP contribution in [0.5, 0.6) is 0 Å². The first-order valence-electron chi connectivity index (χ1n) is 7.84. The fourth-order valence-electron chi connectivity index (χ4n) is 2.24. The SMILES string of the molecule is CC(=O)Nc1nc(CCc2ccc(NC(=O)O)cc2)c(C(=O)N(C)C)s1. The lowest BCUT2D eigenvalue weighted by Crippen LogP contribution is -2.22. The van der Waals surface area contributed by atoms with E-state index < -0.39 is 6.09 Å². The number of benzene rings is 1. The second kappa shape index (κ2) is 8.43. The fourth-order valence-corrected chi connectivity index (χ4v) is 3.32. The molecule has 1 heterocycles. The molecular formula is C17H20N4O4S. The lowest BCUT2D eigenvalue weighted by atomic mass is 10.1. The number of hydrogen-bond donors (Lipinski definition) is 3. The summed E-state index contributed by atoms with van der Waals surface area (Å²) in [5.74, 6) is -0.397. The highest BCUT2D eigenvalue weighted by atomic mass is 32.1. The van der Waals surface area contributed by atoms with Crippen molar-refractivity contribution in [2.24, 2.45) is 0 Å². The van der Waals surface area contributed by atoms with Crippen LogP contribution in [0, 0.1) is 0 Å². The van der Waals surface area contributed by atoms with Crippen LogP contribution in [0.4, 0.5) is 15.6 Å². The highest BCUT2D eigenvalue weighted by molar-refractivity contribution is 7.17. The van der Waals surface area contributed by atoms with Crippen molar-refractivity contribution >= 4 is 40.1 Å². The topological polar surface area (TPSA) is 112 Å². The number of thiazole rings is 1. The molecule has 8 nitrogen and oxygen atoms in total. The van der Waals surface area contributed by atoms with Gasteiger partial charge in [-0.25, -0.2) is 9.78 Å². The minimum Gasteiger partial charge on any atom is -0.465 e. The van der Waals surface area contributed by atoms with Crippen LogP contribution in [-0.2, 0) is 17.6 Å². The highest BCUT2D eigenvalue weighted by Gasteiger charge is 2.20. The second-order valence-electron chi connectivity index (χ2n) is 5.80. The summed E-state index contributed by atoms with van der Waals surface area (Å²) in [6.45, 7) is 1.39. The molecule has 0 bridgehead atoms. The molecule has 0 aliphatic heterocycles. The molecule has 0 atom stereocenters. The van der Waals surface area contributed by atoms with Crippen molar-refractivity contribution in [2.45, 2.75) is 19.8 Å². The van der Waals surface area contributed by atoms with Gasteiger partial charge in [-0.2, -0.15) is 0 Å². The van der Waals surface area contributed by atoms with Crippen molar-refractivity contribution in [1.82, 2.24) is 9.88 Å². The van der Waals surface area contributed by atoms with Crippen molar-refractivity contribution in [3.8, 4) is 0 Å². The molecule has 26 heavy (non-hydrogen) atoms. The van der Waals surface area contributed by atoms with E-state index in [0.717, 1.165) is 16.9 Å². The van der Waals surface area contributed by atoms with Crippen LogP contribution in [0.2, 0.25) is 0 Å². The Labute approximate surface area is 154 Å². The van der Waals surface area contributed by atoms with Gasteiger partial charge >= 0.3 is 6.09 Å². The number of carboxylic acid groups (broad SMARTS) is 1. The van der Waals surface area contributed by atoms with E-state index in [4.69, 9.17) is 5.11 Å². The van der Waals surface area contributed by atoms with Crippen molar-refractivity contribution < 1.29 is 19.5 Å². The monoisotopic (exact) mass is 376 g/mol. The number of amides is 3. The number of rotatable bonds is 6. The standard InChI is InChI=1S/C17H20N4O4S/c1-10(22)18-16-20-13(14(26-16)15(23)21(2)3)9-6-11-4-7-12(8-5-11)19-17(24)25/h4-5,7-8,19H,6,9H2,1-3H3,(H,24,25)(H,18,20,22). The van der Waals surface area contributed by atoms with Crippen LogP contribution in [0.3, 0.4) is 0 Å². The number of carbonyl (C=O) groups excluding carboxylic acids is 2. The summed E-state index contributed by atoms with van der Waals surface area (Å²) in [7, 11) is 3.33. The zero-order valence-electron chi connectivity index (χ0n) is 14.7. The van der Waals surface area contributed by atoms with Gasteiger partial charge in [-0.3, -0.25) is 14.9 Å². The van der Waals surface area contributed by atoms with E-state index in [9.17, 15) is 14.4 Å². The Morgan fingerprint density at radius 3 is 2.31 bits per heavy atom. The summed E-state index contributed by atoms with van der Waals surface area (Å²) >= 11 is 1.16. The third-order valence-corrected chi connectivity index (χ3v) is 4.44. The molecule has 2 rings (SSSR count). The molecule has 0 saturated heterocycles. The molecule has 0 aliphatic rings. The Bertz CT molecular complexity index is 815. The van der Waals surface area contributed by atoms with E-state index in [0.29, 0.717) is 34.2 Å². The summed E-state index contributed by atoms with van der Waals surface area (Å²) in [4.78, 5) is 40.5. The van der Waals surface area contributed by atoms with Crippen molar-refractivity contribution in [3.63, 3.8) is 0 Å². The van der Waals surface area contributed by atoms with Crippen LogP contribution in [-0.4, -0.2) is 47.0 Å². The smallest absolute Gasteiger partial charge is 0.409 e. The van der Waals surface area contributed by atoms with Gasteiger partial charge in [0.05, 0.1) is 5.69 Å². The van der Waals surface area contributed by atoms with Gasteiger partial charge in [-0.1, -0.05) is 23.5 Å². The molecule has 0 spiro atoms. The third-order valence-electron chi connectivity index (χ3n) is 3.44. The van der Waals surface area contributed by atoms with Crippen LogP contribution in [0.15, 0.2) is 24.3 Å². The third kappa shape index (κ3) is 5.28. The van der Waals surface area contributed by atoms with E-state index >= 15 is 0 Å². The van der Waals surface area contributed by atoms with Crippen molar-refractivity contribution in [2.75, 3.05) is 24.7 Å². The number of aryl methyl sites for hydroxylation is 2. The lowest BCUT2D eigenvalue weighted by molar-refractivity contribution is -0.114. The van der Waals surface area contributed by atoms with Gasteiger partial charge in [0, 0.05) is 26.7 Å². The Hall–Kier alpha value is -2.94. The van der Waals surface area contributed by atoms with Crippen LogP contribution in [0.25, 0.3) is 0 Å². The molecule has 2 aromatic rings. The summed E-state index contributed by atoms with van der Waals surface area (Å²) in [6, 6.07) is 7.00. The number of nitrogens with zero attached hydrogens (tertiary/aromatic N) is 2. The average Bonchev–Trinajstić information content (AvgIpc) is 2.94. The number of hydrogen-bond acceptors (Lipinski definition) is 5. The largest absolute Gasteiger partial charge is 0.465 e. The number of aromatic nitrogens is 1. The van der Waals surface area contributed by atoms with Gasteiger partial charge in [-0.15, -0.1) is 0 Å². The summed E-state index contributed by atoms with van der Waals surface area (Å²) < 4.78 is 0. The maximum Gasteiger partial charge on any atom is 0.409 e. The maximum atomic E-state index is 12.3. The van der Waals surface area contributed by atoms with Gasteiger partial charge in [-0.05, 0) is 30.5 Å². The molecule has 0 radical (unpaired) electrons. The normalized spacial score (nSPS) is 10.3. The highest BCUT2D eigenvalue weighted by Crippen LogP contribution is 2.25. The lowest BCUT2D eigenvalue weighted by Gasteiger charge is -2.09. The molecule has 0 unspecified atom stereocenters. The Kier molecular flexibility index (Phi) is 6.29. The molecule has 0 saturated carbocycles. The van der Waals surface area contributed by atoms with Crippen LogP contribution in [0.1, 0.15) is 27.9 Å². The zero-order valence-corrected chi connectivity index (χ0v) is 15.5. The number of nitrogens with one attached hydrogen (secondary N) is 2. The Morgan fingerprint density at radius 1 is 1.12 bits per heavy atom. The molecule has 3 N–H and O–H groups in total. The molecule has 0 aliphatic carbocycles. The molecular weight excluding hydrogens is 356 g/mol. The first-order chi connectivity index (χ1) is 12.3. The van der Waals surface area contributed by atoms with Crippen LogP contribution >= 0.6 is 11.3 Å². The first-order valence-corrected chi connectivity index (χ1v) is 8.65. The fraction of sp³-hybridized carbons (Fsp3) is 0.294.